The van der Waals surface area contributed by atoms with Gasteiger partial charge in [0.25, 0.3) is 0 Å². The fraction of sp³-hybridized carbons (Fsp3) is 0.647. The third kappa shape index (κ3) is 8.18. The monoisotopic (exact) mass is 279 g/mol. The summed E-state index contributed by atoms with van der Waals surface area (Å²) in [6.07, 6.45) is 1.35. The zero-order valence-electron chi connectivity index (χ0n) is 13.3. The van der Waals surface area contributed by atoms with E-state index in [0.717, 1.165) is 38.5 Å². The Bertz CT molecular complexity index is 364. The highest BCUT2D eigenvalue weighted by Gasteiger charge is 1.99. The Labute approximate surface area is 123 Å². The van der Waals surface area contributed by atoms with Crippen LogP contribution in [0.25, 0.3) is 0 Å². The van der Waals surface area contributed by atoms with Gasteiger partial charge in [0.15, 0.2) is 0 Å². The predicted octanol–water partition coefficient (Wildman–Crippen LogP) is 3.63. The molecular formula is C17H29NO2. The molecule has 0 heterocycles. The van der Waals surface area contributed by atoms with Crippen LogP contribution in [-0.4, -0.2) is 25.9 Å². The van der Waals surface area contributed by atoms with Gasteiger partial charge < -0.3 is 14.8 Å². The first kappa shape index (κ1) is 17.0. The van der Waals surface area contributed by atoms with E-state index in [1.54, 1.807) is 0 Å². The number of nitrogens with one attached hydrogen (secondary N) is 1. The summed E-state index contributed by atoms with van der Waals surface area (Å²) in [5, 5.41) is 3.39. The molecule has 3 heteroatoms. The number of hydrogen-bond acceptors (Lipinski definition) is 3. The molecule has 1 aromatic rings. The standard InChI is InChI=1S/C17H29NO2/c1-14(2)8-10-19-11-9-18-13-16-6-5-7-17(12-16)20-15(3)4/h5-7,12,14-15,18H,8-11,13H2,1-4H3. The lowest BCUT2D eigenvalue weighted by atomic mass is 10.1. The van der Waals surface area contributed by atoms with Gasteiger partial charge in [-0.1, -0.05) is 26.0 Å². The summed E-state index contributed by atoms with van der Waals surface area (Å²) in [6.45, 7) is 11.9. The molecule has 114 valence electrons. The average Bonchev–Trinajstić information content (AvgIpc) is 2.37. The van der Waals surface area contributed by atoms with Gasteiger partial charge in [0.2, 0.25) is 0 Å². The van der Waals surface area contributed by atoms with Crippen molar-refractivity contribution >= 4 is 0 Å². The molecule has 0 radical (unpaired) electrons. The third-order valence-corrected chi connectivity index (χ3v) is 2.86. The topological polar surface area (TPSA) is 30.5 Å². The number of hydrogen-bond donors (Lipinski definition) is 1. The van der Waals surface area contributed by atoms with E-state index >= 15 is 0 Å². The van der Waals surface area contributed by atoms with Crippen molar-refractivity contribution in [3.63, 3.8) is 0 Å². The van der Waals surface area contributed by atoms with Gasteiger partial charge in [-0.25, -0.2) is 0 Å². The van der Waals surface area contributed by atoms with Crippen LogP contribution in [0.5, 0.6) is 5.75 Å². The predicted molar refractivity (Wildman–Crippen MR) is 84.2 cm³/mol. The van der Waals surface area contributed by atoms with E-state index < -0.39 is 0 Å². The van der Waals surface area contributed by atoms with Gasteiger partial charge in [-0.3, -0.25) is 0 Å². The van der Waals surface area contributed by atoms with Gasteiger partial charge in [-0.15, -0.1) is 0 Å². The summed E-state index contributed by atoms with van der Waals surface area (Å²) < 4.78 is 11.3. The Morgan fingerprint density at radius 2 is 1.90 bits per heavy atom. The van der Waals surface area contributed by atoms with Crippen LogP contribution in [0.1, 0.15) is 39.7 Å². The summed E-state index contributed by atoms with van der Waals surface area (Å²) >= 11 is 0. The molecule has 0 amide bonds. The molecule has 0 aliphatic rings. The molecule has 0 aliphatic carbocycles. The molecule has 3 nitrogen and oxygen atoms in total. The van der Waals surface area contributed by atoms with E-state index in [-0.39, 0.29) is 6.10 Å². The zero-order chi connectivity index (χ0) is 14.8. The van der Waals surface area contributed by atoms with Crippen LogP contribution in [0.4, 0.5) is 0 Å². The van der Waals surface area contributed by atoms with Crippen LogP contribution in [0.3, 0.4) is 0 Å². The maximum absolute atomic E-state index is 5.68. The van der Waals surface area contributed by atoms with Gasteiger partial charge in [0.1, 0.15) is 5.75 Å². The highest BCUT2D eigenvalue weighted by atomic mass is 16.5. The van der Waals surface area contributed by atoms with E-state index in [4.69, 9.17) is 9.47 Å². The third-order valence-electron chi connectivity index (χ3n) is 2.86. The molecule has 0 bridgehead atoms. The van der Waals surface area contributed by atoms with Crippen molar-refractivity contribution < 1.29 is 9.47 Å². The Hall–Kier alpha value is -1.06. The fourth-order valence-electron chi connectivity index (χ4n) is 1.80. The molecule has 0 aromatic heterocycles. The van der Waals surface area contributed by atoms with Crippen molar-refractivity contribution in [2.45, 2.75) is 46.8 Å². The fourth-order valence-corrected chi connectivity index (χ4v) is 1.80. The van der Waals surface area contributed by atoms with E-state index in [9.17, 15) is 0 Å². The molecular weight excluding hydrogens is 250 g/mol. The number of benzene rings is 1. The van der Waals surface area contributed by atoms with Crippen LogP contribution in [0.2, 0.25) is 0 Å². The number of rotatable bonds is 10. The maximum atomic E-state index is 5.68. The second-order valence-corrected chi connectivity index (χ2v) is 5.79. The summed E-state index contributed by atoms with van der Waals surface area (Å²) in [7, 11) is 0. The van der Waals surface area contributed by atoms with Gasteiger partial charge >= 0.3 is 0 Å². The molecule has 0 fully saturated rings. The molecule has 0 aliphatic heterocycles. The molecule has 1 N–H and O–H groups in total. The van der Waals surface area contributed by atoms with Gasteiger partial charge in [0, 0.05) is 19.7 Å². The Morgan fingerprint density at radius 3 is 2.60 bits per heavy atom. The Morgan fingerprint density at radius 1 is 1.10 bits per heavy atom. The Kier molecular flexibility index (Phi) is 8.31. The van der Waals surface area contributed by atoms with E-state index in [2.05, 4.69) is 31.3 Å². The first-order valence-electron chi connectivity index (χ1n) is 7.62. The molecule has 1 rings (SSSR count). The van der Waals surface area contributed by atoms with Crippen LogP contribution >= 0.6 is 0 Å². The summed E-state index contributed by atoms with van der Waals surface area (Å²) in [5.74, 6) is 1.65. The largest absolute Gasteiger partial charge is 0.491 e. The average molecular weight is 279 g/mol. The maximum Gasteiger partial charge on any atom is 0.120 e. The highest BCUT2D eigenvalue weighted by molar-refractivity contribution is 5.28. The quantitative estimate of drug-likeness (QED) is 0.663. The van der Waals surface area contributed by atoms with Gasteiger partial charge in [-0.05, 0) is 43.9 Å². The zero-order valence-corrected chi connectivity index (χ0v) is 13.3. The van der Waals surface area contributed by atoms with Gasteiger partial charge in [-0.2, -0.15) is 0 Å². The lowest BCUT2D eigenvalue weighted by Gasteiger charge is -2.11. The van der Waals surface area contributed by atoms with E-state index in [1.807, 2.05) is 26.0 Å². The SMILES string of the molecule is CC(C)CCOCCNCc1cccc(OC(C)C)c1. The second kappa shape index (κ2) is 9.78. The van der Waals surface area contributed by atoms with Crippen molar-refractivity contribution in [1.29, 1.82) is 0 Å². The second-order valence-electron chi connectivity index (χ2n) is 5.79. The number of ether oxygens (including phenoxy) is 2. The van der Waals surface area contributed by atoms with Crippen molar-refractivity contribution in [1.82, 2.24) is 5.32 Å². The van der Waals surface area contributed by atoms with Crippen LogP contribution in [0, 0.1) is 5.92 Å². The Balaban J connectivity index is 2.15. The molecule has 20 heavy (non-hydrogen) atoms. The minimum Gasteiger partial charge on any atom is -0.491 e. The van der Waals surface area contributed by atoms with Gasteiger partial charge in [0.05, 0.1) is 12.7 Å². The molecule has 0 saturated carbocycles. The summed E-state index contributed by atoms with van der Waals surface area (Å²) in [6, 6.07) is 8.23. The van der Waals surface area contributed by atoms with Crippen LogP contribution in [0.15, 0.2) is 24.3 Å². The normalized spacial score (nSPS) is 11.3. The van der Waals surface area contributed by atoms with Crippen molar-refractivity contribution in [2.24, 2.45) is 5.92 Å². The summed E-state index contributed by atoms with van der Waals surface area (Å²) in [5.41, 5.74) is 1.24. The first-order chi connectivity index (χ1) is 9.58. The smallest absolute Gasteiger partial charge is 0.120 e. The minimum absolute atomic E-state index is 0.215. The summed E-state index contributed by atoms with van der Waals surface area (Å²) in [4.78, 5) is 0. The van der Waals surface area contributed by atoms with Crippen molar-refractivity contribution in [2.75, 3.05) is 19.8 Å². The molecule has 0 spiro atoms. The molecule has 0 atom stereocenters. The van der Waals surface area contributed by atoms with E-state index in [1.165, 1.54) is 5.56 Å². The molecule has 0 unspecified atom stereocenters. The highest BCUT2D eigenvalue weighted by Crippen LogP contribution is 2.14. The van der Waals surface area contributed by atoms with Crippen LogP contribution < -0.4 is 10.1 Å². The van der Waals surface area contributed by atoms with E-state index in [0.29, 0.717) is 5.92 Å². The molecule has 1 aromatic carbocycles. The molecule has 0 saturated heterocycles. The van der Waals surface area contributed by atoms with Crippen LogP contribution in [-0.2, 0) is 11.3 Å². The first-order valence-corrected chi connectivity index (χ1v) is 7.62. The van der Waals surface area contributed by atoms with Crippen molar-refractivity contribution in [3.8, 4) is 5.75 Å². The lowest BCUT2D eigenvalue weighted by Crippen LogP contribution is -2.19. The minimum atomic E-state index is 0.215. The lowest BCUT2D eigenvalue weighted by molar-refractivity contribution is 0.125. The van der Waals surface area contributed by atoms with Crippen molar-refractivity contribution in [3.05, 3.63) is 29.8 Å².